The molecule has 4 unspecified atom stereocenters. The Kier molecular flexibility index (Phi) is 3.38. The van der Waals surface area contributed by atoms with Crippen LogP contribution in [-0.2, 0) is 4.79 Å². The minimum atomic E-state index is -0.793. The third kappa shape index (κ3) is 2.50. The van der Waals surface area contributed by atoms with Crippen molar-refractivity contribution in [2.75, 3.05) is 6.54 Å². The fraction of sp³-hybridized carbons (Fsp3) is 0.867. The SMILES string of the molecule is CC(NC(=O)NCC1(C(=O)O)CC1)C1CC2CCC1C2. The van der Waals surface area contributed by atoms with Crippen molar-refractivity contribution in [1.29, 1.82) is 0 Å². The molecule has 0 spiro atoms. The average molecular weight is 280 g/mol. The molecule has 2 amide bonds. The summed E-state index contributed by atoms with van der Waals surface area (Å²) < 4.78 is 0. The second kappa shape index (κ2) is 4.93. The molecular formula is C15H24N2O3. The number of amides is 2. The molecule has 112 valence electrons. The summed E-state index contributed by atoms with van der Waals surface area (Å²) in [6.07, 6.45) is 6.59. The van der Waals surface area contributed by atoms with E-state index in [-0.39, 0.29) is 18.6 Å². The van der Waals surface area contributed by atoms with Crippen LogP contribution in [0.3, 0.4) is 0 Å². The van der Waals surface area contributed by atoms with Crippen LogP contribution in [0, 0.1) is 23.2 Å². The molecule has 3 aliphatic carbocycles. The fourth-order valence-corrected chi connectivity index (χ4v) is 4.14. The van der Waals surface area contributed by atoms with Crippen LogP contribution >= 0.6 is 0 Å². The van der Waals surface area contributed by atoms with Crippen LogP contribution in [0.2, 0.25) is 0 Å². The summed E-state index contributed by atoms with van der Waals surface area (Å²) >= 11 is 0. The lowest BCUT2D eigenvalue weighted by molar-refractivity contribution is -0.143. The van der Waals surface area contributed by atoms with Crippen molar-refractivity contribution in [2.45, 2.75) is 51.5 Å². The number of urea groups is 1. The van der Waals surface area contributed by atoms with Gasteiger partial charge < -0.3 is 15.7 Å². The first-order valence-electron chi connectivity index (χ1n) is 7.78. The number of fused-ring (bicyclic) bond motifs is 2. The predicted octanol–water partition coefficient (Wildman–Crippen LogP) is 1.98. The summed E-state index contributed by atoms with van der Waals surface area (Å²) in [7, 11) is 0. The Balaban J connectivity index is 1.43. The highest BCUT2D eigenvalue weighted by Gasteiger charge is 2.50. The molecule has 5 heteroatoms. The van der Waals surface area contributed by atoms with Gasteiger partial charge in [0.05, 0.1) is 5.41 Å². The van der Waals surface area contributed by atoms with Crippen LogP contribution < -0.4 is 10.6 Å². The van der Waals surface area contributed by atoms with Gasteiger partial charge in [0.15, 0.2) is 0 Å². The van der Waals surface area contributed by atoms with Crippen LogP contribution in [0.4, 0.5) is 4.79 Å². The summed E-state index contributed by atoms with van der Waals surface area (Å²) in [5.41, 5.74) is -0.687. The lowest BCUT2D eigenvalue weighted by atomic mass is 9.84. The highest BCUT2D eigenvalue weighted by atomic mass is 16.4. The van der Waals surface area contributed by atoms with Crippen LogP contribution in [-0.4, -0.2) is 29.7 Å². The van der Waals surface area contributed by atoms with Gasteiger partial charge in [-0.3, -0.25) is 4.79 Å². The largest absolute Gasteiger partial charge is 0.481 e. The van der Waals surface area contributed by atoms with E-state index in [1.165, 1.54) is 25.7 Å². The number of nitrogens with one attached hydrogen (secondary N) is 2. The third-order valence-electron chi connectivity index (χ3n) is 5.69. The van der Waals surface area contributed by atoms with Gasteiger partial charge >= 0.3 is 12.0 Å². The Hall–Kier alpha value is -1.26. The van der Waals surface area contributed by atoms with Crippen molar-refractivity contribution < 1.29 is 14.7 Å². The Labute approximate surface area is 119 Å². The van der Waals surface area contributed by atoms with Crippen LogP contribution in [0.15, 0.2) is 0 Å². The Morgan fingerprint density at radius 1 is 1.30 bits per heavy atom. The summed E-state index contributed by atoms with van der Waals surface area (Å²) in [5.74, 6) is 1.47. The number of aliphatic carboxylic acids is 1. The molecule has 3 rings (SSSR count). The number of rotatable bonds is 5. The molecule has 5 nitrogen and oxygen atoms in total. The molecule has 3 aliphatic rings. The van der Waals surface area contributed by atoms with Gasteiger partial charge in [-0.25, -0.2) is 4.79 Å². The standard InChI is InChI=1S/C15H24N2O3/c1-9(12-7-10-2-3-11(12)6-10)17-14(20)16-8-15(4-5-15)13(18)19/h9-12H,2-8H2,1H3,(H,18,19)(H2,16,17,20). The topological polar surface area (TPSA) is 78.4 Å². The van der Waals surface area contributed by atoms with E-state index >= 15 is 0 Å². The first-order valence-corrected chi connectivity index (χ1v) is 7.78. The van der Waals surface area contributed by atoms with Gasteiger partial charge in [-0.15, -0.1) is 0 Å². The second-order valence-electron chi connectivity index (χ2n) is 7.04. The van der Waals surface area contributed by atoms with E-state index < -0.39 is 11.4 Å². The van der Waals surface area contributed by atoms with E-state index in [0.29, 0.717) is 18.8 Å². The van der Waals surface area contributed by atoms with Crippen LogP contribution in [0.25, 0.3) is 0 Å². The van der Waals surface area contributed by atoms with E-state index in [9.17, 15) is 9.59 Å². The Bertz CT molecular complexity index is 419. The number of hydrogen-bond donors (Lipinski definition) is 3. The number of carboxylic acids is 1. The molecule has 4 atom stereocenters. The molecule has 20 heavy (non-hydrogen) atoms. The molecule has 0 radical (unpaired) electrons. The normalized spacial score (nSPS) is 34.5. The molecule has 3 fully saturated rings. The van der Waals surface area contributed by atoms with Crippen LogP contribution in [0.5, 0.6) is 0 Å². The van der Waals surface area contributed by atoms with Gasteiger partial charge in [0.1, 0.15) is 0 Å². The highest BCUT2D eigenvalue weighted by molar-refractivity contribution is 5.80. The maximum Gasteiger partial charge on any atom is 0.315 e. The maximum absolute atomic E-state index is 11.9. The minimum absolute atomic E-state index is 0.185. The summed E-state index contributed by atoms with van der Waals surface area (Å²) in [6.45, 7) is 2.33. The van der Waals surface area contributed by atoms with Crippen molar-refractivity contribution >= 4 is 12.0 Å². The minimum Gasteiger partial charge on any atom is -0.481 e. The predicted molar refractivity (Wildman–Crippen MR) is 74.2 cm³/mol. The number of carbonyl (C=O) groups is 2. The van der Waals surface area contributed by atoms with Crippen LogP contribution in [0.1, 0.15) is 45.4 Å². The molecule has 0 aromatic carbocycles. The average Bonchev–Trinajstić information content (AvgIpc) is 2.91. The van der Waals surface area contributed by atoms with Crippen molar-refractivity contribution in [1.82, 2.24) is 10.6 Å². The number of hydrogen-bond acceptors (Lipinski definition) is 2. The van der Waals surface area contributed by atoms with E-state index in [2.05, 4.69) is 17.6 Å². The van der Waals surface area contributed by atoms with Crippen molar-refractivity contribution in [3.8, 4) is 0 Å². The molecule has 0 aliphatic heterocycles. The smallest absolute Gasteiger partial charge is 0.315 e. The van der Waals surface area contributed by atoms with Crippen molar-refractivity contribution in [2.24, 2.45) is 23.2 Å². The summed E-state index contributed by atoms with van der Waals surface area (Å²) in [6, 6.07) is -0.0296. The van der Waals surface area contributed by atoms with E-state index in [4.69, 9.17) is 5.11 Å². The van der Waals surface area contributed by atoms with Gasteiger partial charge in [-0.2, -0.15) is 0 Å². The molecule has 0 saturated heterocycles. The monoisotopic (exact) mass is 280 g/mol. The summed E-state index contributed by atoms with van der Waals surface area (Å²) in [5, 5.41) is 14.8. The van der Waals surface area contributed by atoms with Crippen molar-refractivity contribution in [3.63, 3.8) is 0 Å². The first kappa shape index (κ1) is 13.7. The molecule has 0 aromatic heterocycles. The van der Waals surface area contributed by atoms with Gasteiger partial charge in [0.2, 0.25) is 0 Å². The zero-order valence-electron chi connectivity index (χ0n) is 12.0. The van der Waals surface area contributed by atoms with Crippen molar-refractivity contribution in [3.05, 3.63) is 0 Å². The lowest BCUT2D eigenvalue weighted by Gasteiger charge is -2.28. The molecule has 0 aromatic rings. The molecule has 0 heterocycles. The molecular weight excluding hydrogens is 256 g/mol. The summed E-state index contributed by atoms with van der Waals surface area (Å²) in [4.78, 5) is 22.9. The lowest BCUT2D eigenvalue weighted by Crippen LogP contribution is -2.47. The molecule has 3 N–H and O–H groups in total. The van der Waals surface area contributed by atoms with E-state index in [1.807, 2.05) is 0 Å². The van der Waals surface area contributed by atoms with E-state index in [1.54, 1.807) is 0 Å². The number of carboxylic acid groups (broad SMARTS) is 1. The highest BCUT2D eigenvalue weighted by Crippen LogP contribution is 2.49. The van der Waals surface area contributed by atoms with Gasteiger partial charge in [-0.1, -0.05) is 6.42 Å². The fourth-order valence-electron chi connectivity index (χ4n) is 4.14. The zero-order valence-corrected chi connectivity index (χ0v) is 12.0. The first-order chi connectivity index (χ1) is 9.50. The quantitative estimate of drug-likeness (QED) is 0.720. The third-order valence-corrected chi connectivity index (χ3v) is 5.69. The second-order valence-corrected chi connectivity index (χ2v) is 7.04. The van der Waals surface area contributed by atoms with Gasteiger partial charge in [0, 0.05) is 12.6 Å². The Morgan fingerprint density at radius 3 is 2.55 bits per heavy atom. The van der Waals surface area contributed by atoms with Gasteiger partial charge in [0.25, 0.3) is 0 Å². The Morgan fingerprint density at radius 2 is 2.05 bits per heavy atom. The molecule has 2 bridgehead atoms. The number of carbonyl (C=O) groups excluding carboxylic acids is 1. The van der Waals surface area contributed by atoms with E-state index in [0.717, 1.165) is 11.8 Å². The van der Waals surface area contributed by atoms with Gasteiger partial charge in [-0.05, 0) is 56.8 Å². The maximum atomic E-state index is 11.9. The zero-order chi connectivity index (χ0) is 14.3. The molecule has 3 saturated carbocycles.